The number of rotatable bonds is 3. The molecule has 3 rings (SSSR count). The number of hydrogen-bond acceptors (Lipinski definition) is 3. The second-order valence-electron chi connectivity index (χ2n) is 7.18. The zero-order chi connectivity index (χ0) is 18.0. The van der Waals surface area contributed by atoms with E-state index in [1.807, 2.05) is 37.1 Å². The molecule has 1 fully saturated rings. The standard InChI is InChI=1S/C20H26N2O3/c1-14(2)20(24)21-8-9-25-13-17(12-21)10-16-4-5-19-18(11-16)6-7-22(19)15(3)23/h4-7,11,14,17H,8-10,12-13H2,1-3H3. The Hall–Kier alpha value is -2.14. The quantitative estimate of drug-likeness (QED) is 0.862. The fourth-order valence-corrected chi connectivity index (χ4v) is 3.50. The summed E-state index contributed by atoms with van der Waals surface area (Å²) in [5, 5.41) is 1.07. The van der Waals surface area contributed by atoms with Crippen LogP contribution in [-0.2, 0) is 16.0 Å². The summed E-state index contributed by atoms with van der Waals surface area (Å²) in [5.41, 5.74) is 2.14. The number of aromatic nitrogens is 1. The zero-order valence-electron chi connectivity index (χ0n) is 15.2. The summed E-state index contributed by atoms with van der Waals surface area (Å²) < 4.78 is 7.38. The molecular formula is C20H26N2O3. The third kappa shape index (κ3) is 3.93. The molecular weight excluding hydrogens is 316 g/mol. The van der Waals surface area contributed by atoms with E-state index < -0.39 is 0 Å². The molecule has 2 aromatic rings. The number of nitrogens with zero attached hydrogens (tertiary/aromatic N) is 2. The summed E-state index contributed by atoms with van der Waals surface area (Å²) >= 11 is 0. The Morgan fingerprint density at radius 3 is 2.80 bits per heavy atom. The average Bonchev–Trinajstić information content (AvgIpc) is 2.86. The Bertz CT molecular complexity index is 778. The number of benzene rings is 1. The van der Waals surface area contributed by atoms with Gasteiger partial charge in [0.15, 0.2) is 0 Å². The van der Waals surface area contributed by atoms with Crippen LogP contribution in [0.3, 0.4) is 0 Å². The van der Waals surface area contributed by atoms with Gasteiger partial charge in [-0.3, -0.25) is 14.2 Å². The summed E-state index contributed by atoms with van der Waals surface area (Å²) in [5.74, 6) is 0.520. The first kappa shape index (κ1) is 17.7. The van der Waals surface area contributed by atoms with E-state index in [1.165, 1.54) is 5.56 Å². The van der Waals surface area contributed by atoms with Gasteiger partial charge in [0.05, 0.1) is 18.7 Å². The van der Waals surface area contributed by atoms with Gasteiger partial charge in [-0.15, -0.1) is 0 Å². The maximum Gasteiger partial charge on any atom is 0.227 e. The molecule has 1 aromatic carbocycles. The minimum absolute atomic E-state index is 0.0152. The van der Waals surface area contributed by atoms with Gasteiger partial charge >= 0.3 is 0 Å². The number of amides is 1. The lowest BCUT2D eigenvalue weighted by Gasteiger charge is -2.25. The van der Waals surface area contributed by atoms with Gasteiger partial charge in [-0.2, -0.15) is 0 Å². The van der Waals surface area contributed by atoms with Gasteiger partial charge in [0.25, 0.3) is 0 Å². The van der Waals surface area contributed by atoms with E-state index in [0.29, 0.717) is 19.8 Å². The minimum Gasteiger partial charge on any atom is -0.379 e. The molecule has 1 aromatic heterocycles. The molecule has 25 heavy (non-hydrogen) atoms. The maximum absolute atomic E-state index is 12.3. The Morgan fingerprint density at radius 2 is 2.08 bits per heavy atom. The van der Waals surface area contributed by atoms with Crippen LogP contribution in [0, 0.1) is 11.8 Å². The van der Waals surface area contributed by atoms with Crippen molar-refractivity contribution in [2.45, 2.75) is 27.2 Å². The Labute approximate surface area is 148 Å². The van der Waals surface area contributed by atoms with Crippen LogP contribution >= 0.6 is 0 Å². The molecule has 1 unspecified atom stereocenters. The lowest BCUT2D eigenvalue weighted by Crippen LogP contribution is -2.38. The molecule has 0 spiro atoms. The predicted octanol–water partition coefficient (Wildman–Crippen LogP) is 2.97. The van der Waals surface area contributed by atoms with Crippen molar-refractivity contribution in [2.75, 3.05) is 26.3 Å². The van der Waals surface area contributed by atoms with Gasteiger partial charge < -0.3 is 9.64 Å². The number of carbonyl (C=O) groups excluding carboxylic acids is 2. The van der Waals surface area contributed by atoms with Crippen LogP contribution in [0.5, 0.6) is 0 Å². The largest absolute Gasteiger partial charge is 0.379 e. The van der Waals surface area contributed by atoms with Crippen LogP contribution < -0.4 is 0 Å². The van der Waals surface area contributed by atoms with Crippen molar-refractivity contribution >= 4 is 22.7 Å². The van der Waals surface area contributed by atoms with Crippen molar-refractivity contribution in [2.24, 2.45) is 11.8 Å². The van der Waals surface area contributed by atoms with E-state index in [2.05, 4.69) is 12.1 Å². The third-order valence-electron chi connectivity index (χ3n) is 4.76. The molecule has 0 radical (unpaired) electrons. The first-order valence-electron chi connectivity index (χ1n) is 8.93. The van der Waals surface area contributed by atoms with E-state index in [1.54, 1.807) is 11.5 Å². The van der Waals surface area contributed by atoms with Gasteiger partial charge in [-0.1, -0.05) is 19.9 Å². The van der Waals surface area contributed by atoms with E-state index >= 15 is 0 Å². The van der Waals surface area contributed by atoms with E-state index in [-0.39, 0.29) is 23.7 Å². The highest BCUT2D eigenvalue weighted by Crippen LogP contribution is 2.21. The fourth-order valence-electron chi connectivity index (χ4n) is 3.50. The van der Waals surface area contributed by atoms with Crippen LogP contribution in [0.15, 0.2) is 30.5 Å². The molecule has 5 nitrogen and oxygen atoms in total. The van der Waals surface area contributed by atoms with Crippen molar-refractivity contribution in [3.8, 4) is 0 Å². The molecule has 1 aliphatic rings. The average molecular weight is 342 g/mol. The molecule has 0 N–H and O–H groups in total. The van der Waals surface area contributed by atoms with Crippen LogP contribution in [0.25, 0.3) is 10.9 Å². The van der Waals surface area contributed by atoms with Crippen molar-refractivity contribution in [1.82, 2.24) is 9.47 Å². The molecule has 1 saturated heterocycles. The molecule has 5 heteroatoms. The predicted molar refractivity (Wildman–Crippen MR) is 97.7 cm³/mol. The SMILES string of the molecule is CC(=O)n1ccc2cc(CC3COCCN(C(=O)C(C)C)C3)ccc21. The van der Waals surface area contributed by atoms with Gasteiger partial charge in [0.1, 0.15) is 0 Å². The van der Waals surface area contributed by atoms with Crippen LogP contribution in [0.1, 0.15) is 31.1 Å². The molecule has 0 aliphatic carbocycles. The molecule has 1 aliphatic heterocycles. The van der Waals surface area contributed by atoms with Gasteiger partial charge in [0.2, 0.25) is 11.8 Å². The number of fused-ring (bicyclic) bond motifs is 1. The number of carbonyl (C=O) groups is 2. The number of ether oxygens (including phenoxy) is 1. The highest BCUT2D eigenvalue weighted by atomic mass is 16.5. The first-order chi connectivity index (χ1) is 12.0. The smallest absolute Gasteiger partial charge is 0.227 e. The normalized spacial score (nSPS) is 18.6. The van der Waals surface area contributed by atoms with Crippen molar-refractivity contribution < 1.29 is 14.3 Å². The van der Waals surface area contributed by atoms with Gasteiger partial charge in [-0.05, 0) is 30.2 Å². The van der Waals surface area contributed by atoms with Crippen LogP contribution in [0.4, 0.5) is 0 Å². The Balaban J connectivity index is 1.75. The summed E-state index contributed by atoms with van der Waals surface area (Å²) in [6.07, 6.45) is 2.68. The molecule has 0 saturated carbocycles. The summed E-state index contributed by atoms with van der Waals surface area (Å²) in [7, 11) is 0. The van der Waals surface area contributed by atoms with Gasteiger partial charge in [0, 0.05) is 43.4 Å². The van der Waals surface area contributed by atoms with Crippen molar-refractivity contribution in [3.63, 3.8) is 0 Å². The summed E-state index contributed by atoms with van der Waals surface area (Å²) in [4.78, 5) is 25.9. The van der Waals surface area contributed by atoms with Crippen molar-refractivity contribution in [1.29, 1.82) is 0 Å². The Morgan fingerprint density at radius 1 is 1.28 bits per heavy atom. The molecule has 0 bridgehead atoms. The molecule has 1 amide bonds. The van der Waals surface area contributed by atoms with E-state index in [4.69, 9.17) is 4.74 Å². The topological polar surface area (TPSA) is 51.5 Å². The maximum atomic E-state index is 12.3. The van der Waals surface area contributed by atoms with Gasteiger partial charge in [-0.25, -0.2) is 0 Å². The fraction of sp³-hybridized carbons (Fsp3) is 0.500. The zero-order valence-corrected chi connectivity index (χ0v) is 15.2. The van der Waals surface area contributed by atoms with E-state index in [0.717, 1.165) is 23.9 Å². The molecule has 1 atom stereocenters. The first-order valence-corrected chi connectivity index (χ1v) is 8.93. The third-order valence-corrected chi connectivity index (χ3v) is 4.76. The minimum atomic E-state index is 0.0152. The summed E-state index contributed by atoms with van der Waals surface area (Å²) in [6.45, 7) is 8.14. The molecule has 134 valence electrons. The summed E-state index contributed by atoms with van der Waals surface area (Å²) in [6, 6.07) is 8.18. The highest BCUT2D eigenvalue weighted by Gasteiger charge is 2.24. The Kier molecular flexibility index (Phi) is 5.23. The lowest BCUT2D eigenvalue weighted by molar-refractivity contribution is -0.134. The second kappa shape index (κ2) is 7.40. The van der Waals surface area contributed by atoms with Crippen LogP contribution in [-0.4, -0.2) is 47.6 Å². The lowest BCUT2D eigenvalue weighted by atomic mass is 9.98. The molecule has 2 heterocycles. The van der Waals surface area contributed by atoms with Crippen molar-refractivity contribution in [3.05, 3.63) is 36.0 Å². The second-order valence-corrected chi connectivity index (χ2v) is 7.18. The van der Waals surface area contributed by atoms with Crippen LogP contribution in [0.2, 0.25) is 0 Å². The monoisotopic (exact) mass is 342 g/mol. The van der Waals surface area contributed by atoms with E-state index in [9.17, 15) is 9.59 Å². The highest BCUT2D eigenvalue weighted by molar-refractivity contribution is 5.91. The number of hydrogen-bond donors (Lipinski definition) is 0.